The van der Waals surface area contributed by atoms with Gasteiger partial charge in [-0.25, -0.2) is 0 Å². The van der Waals surface area contributed by atoms with E-state index in [1.807, 2.05) is 81.4 Å². The Bertz CT molecular complexity index is 525. The first-order chi connectivity index (χ1) is 11.0. The molecule has 0 aliphatic rings. The Morgan fingerprint density at radius 1 is 0.760 bits per heavy atom. The van der Waals surface area contributed by atoms with Crippen LogP contribution in [0.15, 0.2) is 24.3 Å². The maximum atomic E-state index is 6.66. The molecule has 0 fully saturated rings. The molecule has 1 aromatic rings. The van der Waals surface area contributed by atoms with Crippen LogP contribution in [0.5, 0.6) is 0 Å². The van der Waals surface area contributed by atoms with E-state index in [4.69, 9.17) is 15.0 Å². The van der Waals surface area contributed by atoms with Crippen molar-refractivity contribution in [3.63, 3.8) is 0 Å². The molecule has 25 heavy (non-hydrogen) atoms. The van der Waals surface area contributed by atoms with Gasteiger partial charge in [-0.1, -0.05) is 0 Å². The minimum atomic E-state index is -4.24. The summed E-state index contributed by atoms with van der Waals surface area (Å²) in [6, 6.07) is 8.01. The fourth-order valence-electron chi connectivity index (χ4n) is 2.61. The van der Waals surface area contributed by atoms with Gasteiger partial charge in [0.05, 0.1) is 0 Å². The molecule has 0 bridgehead atoms. The Morgan fingerprint density at radius 2 is 1.12 bits per heavy atom. The second-order valence-corrected chi connectivity index (χ2v) is 16.0. The van der Waals surface area contributed by atoms with Gasteiger partial charge in [0.15, 0.2) is 0 Å². The number of hydrogen-bond acceptors (Lipinski definition) is 4. The van der Waals surface area contributed by atoms with Gasteiger partial charge in [0.1, 0.15) is 0 Å². The van der Waals surface area contributed by atoms with Crippen LogP contribution in [0.25, 0.3) is 0 Å². The van der Waals surface area contributed by atoms with E-state index < -0.39 is 36.4 Å². The van der Waals surface area contributed by atoms with Crippen molar-refractivity contribution in [2.75, 3.05) is 0 Å². The molecule has 2 N–H and O–H groups in total. The Labute approximate surface area is 159 Å². The van der Waals surface area contributed by atoms with Gasteiger partial charge in [-0.15, -0.1) is 0 Å². The zero-order valence-corrected chi connectivity index (χ0v) is 20.5. The summed E-state index contributed by atoms with van der Waals surface area (Å²) in [4.78, 5) is 0. The third-order valence-electron chi connectivity index (χ3n) is 3.10. The molecule has 4 nitrogen and oxygen atoms in total. The zero-order valence-electron chi connectivity index (χ0n) is 17.7. The fourth-order valence-corrected chi connectivity index (χ4v) is 13.6. The van der Waals surface area contributed by atoms with Gasteiger partial charge in [-0.05, 0) is 0 Å². The Morgan fingerprint density at radius 3 is 1.44 bits per heavy atom. The van der Waals surface area contributed by atoms with Crippen LogP contribution in [0.1, 0.15) is 80.8 Å². The topological polar surface area (TPSA) is 53.7 Å². The first-order valence-electron chi connectivity index (χ1n) is 9.00. The molecule has 0 heterocycles. The predicted octanol–water partition coefficient (Wildman–Crippen LogP) is 4.30. The molecule has 1 unspecified atom stereocenters. The molecule has 0 spiro atoms. The summed E-state index contributed by atoms with van der Waals surface area (Å²) in [5.41, 5.74) is 6.13. The summed E-state index contributed by atoms with van der Waals surface area (Å²) in [6.07, 6.45) is 0. The van der Waals surface area contributed by atoms with Gasteiger partial charge < -0.3 is 0 Å². The summed E-state index contributed by atoms with van der Waals surface area (Å²) in [7, 11) is 0. The van der Waals surface area contributed by atoms with Gasteiger partial charge in [-0.3, -0.25) is 0 Å². The molecular formula is C20H37NO3Sn. The number of rotatable bonds is 5. The normalized spacial score (nSPS) is 15.3. The molecule has 0 aromatic heterocycles. The Balaban J connectivity index is 3.68. The van der Waals surface area contributed by atoms with Crippen LogP contribution in [0.2, 0.25) is 0 Å². The molecule has 5 heteroatoms. The number of benzene rings is 1. The van der Waals surface area contributed by atoms with Crippen molar-refractivity contribution in [1.29, 1.82) is 0 Å². The van der Waals surface area contributed by atoms with Crippen molar-refractivity contribution in [2.45, 2.75) is 92.1 Å². The standard InChI is InChI=1S/C8H10N.3C4H9O.Sn/c1-7(9)8-5-3-2-4-6-8;3*1-4(2,3)5;/h2-5,7H,9H2,1H3;3*1-3H3;/q;3*-1;+3. The molecule has 0 amide bonds. The van der Waals surface area contributed by atoms with E-state index in [1.54, 1.807) is 0 Å². The van der Waals surface area contributed by atoms with Crippen LogP contribution in [-0.2, 0) is 9.22 Å². The summed E-state index contributed by atoms with van der Waals surface area (Å²) >= 11 is -4.24. The average molecular weight is 458 g/mol. The van der Waals surface area contributed by atoms with Gasteiger partial charge in [-0.2, -0.15) is 0 Å². The SMILES string of the molecule is CC(N)c1cccc[c]1[Sn]([O]C(C)(C)C)([O]C(C)(C)C)[O]C(C)(C)C. The van der Waals surface area contributed by atoms with Crippen molar-refractivity contribution in [2.24, 2.45) is 5.73 Å². The number of nitrogens with two attached hydrogens (primary N) is 1. The van der Waals surface area contributed by atoms with E-state index >= 15 is 0 Å². The predicted molar refractivity (Wildman–Crippen MR) is 107 cm³/mol. The molecule has 0 aliphatic carbocycles. The molecule has 0 saturated carbocycles. The molecule has 0 radical (unpaired) electrons. The van der Waals surface area contributed by atoms with Gasteiger partial charge in [0.2, 0.25) is 0 Å². The van der Waals surface area contributed by atoms with Crippen LogP contribution in [-0.4, -0.2) is 36.4 Å². The van der Waals surface area contributed by atoms with Gasteiger partial charge in [0, 0.05) is 0 Å². The molecule has 144 valence electrons. The van der Waals surface area contributed by atoms with E-state index in [1.165, 1.54) is 0 Å². The third kappa shape index (κ3) is 7.55. The van der Waals surface area contributed by atoms with E-state index in [0.717, 1.165) is 9.14 Å². The summed E-state index contributed by atoms with van der Waals surface area (Å²) in [5, 5.41) is 0. The van der Waals surface area contributed by atoms with Crippen LogP contribution >= 0.6 is 0 Å². The first-order valence-corrected chi connectivity index (χ1v) is 13.9. The van der Waals surface area contributed by atoms with Crippen molar-refractivity contribution < 1.29 is 9.22 Å². The van der Waals surface area contributed by atoms with Crippen molar-refractivity contribution in [1.82, 2.24) is 0 Å². The van der Waals surface area contributed by atoms with E-state index in [9.17, 15) is 0 Å². The third-order valence-corrected chi connectivity index (χ3v) is 13.8. The van der Waals surface area contributed by atoms with Crippen molar-refractivity contribution in [3.05, 3.63) is 29.8 Å². The van der Waals surface area contributed by atoms with Crippen LogP contribution < -0.4 is 9.31 Å². The average Bonchev–Trinajstić information content (AvgIpc) is 2.32. The van der Waals surface area contributed by atoms with Gasteiger partial charge >= 0.3 is 160 Å². The Hall–Kier alpha value is -0.141. The number of hydrogen-bond donors (Lipinski definition) is 1. The van der Waals surface area contributed by atoms with Crippen LogP contribution in [0.4, 0.5) is 0 Å². The molecule has 1 aromatic carbocycles. The molecular weight excluding hydrogens is 421 g/mol. The zero-order chi connectivity index (χ0) is 19.7. The Kier molecular flexibility index (Phi) is 7.19. The monoisotopic (exact) mass is 459 g/mol. The van der Waals surface area contributed by atoms with Gasteiger partial charge in [0.25, 0.3) is 0 Å². The van der Waals surface area contributed by atoms with E-state index in [2.05, 4.69) is 12.1 Å². The summed E-state index contributed by atoms with van der Waals surface area (Å²) in [5.74, 6) is 0. The van der Waals surface area contributed by atoms with E-state index in [-0.39, 0.29) is 6.04 Å². The summed E-state index contributed by atoms with van der Waals surface area (Å²) in [6.45, 7) is 20.4. The van der Waals surface area contributed by atoms with Crippen LogP contribution in [0, 0.1) is 0 Å². The fraction of sp³-hybridized carbons (Fsp3) is 0.700. The molecule has 1 rings (SSSR count). The summed E-state index contributed by atoms with van der Waals surface area (Å²) < 4.78 is 21.0. The van der Waals surface area contributed by atoms with Crippen molar-refractivity contribution in [3.8, 4) is 0 Å². The molecule has 1 atom stereocenters. The second kappa shape index (κ2) is 7.85. The van der Waals surface area contributed by atoms with E-state index in [0.29, 0.717) is 0 Å². The quantitative estimate of drug-likeness (QED) is 0.669. The maximum absolute atomic E-state index is 6.66. The van der Waals surface area contributed by atoms with Crippen LogP contribution in [0.3, 0.4) is 0 Å². The van der Waals surface area contributed by atoms with Crippen molar-refractivity contribution >= 4 is 23.2 Å². The molecule has 0 saturated heterocycles. The minimum absolute atomic E-state index is 0.122. The second-order valence-electron chi connectivity index (χ2n) is 9.58. The molecule has 0 aliphatic heterocycles. The first kappa shape index (κ1) is 22.9.